The molecular formula is C15H22FNO. The third-order valence-electron chi connectivity index (χ3n) is 4.17. The van der Waals surface area contributed by atoms with E-state index in [1.54, 1.807) is 6.07 Å². The fourth-order valence-electron chi connectivity index (χ4n) is 2.98. The molecule has 0 unspecified atom stereocenters. The van der Waals surface area contributed by atoms with Crippen LogP contribution in [-0.2, 0) is 0 Å². The molecule has 0 spiro atoms. The van der Waals surface area contributed by atoms with E-state index in [2.05, 4.69) is 27.7 Å². The van der Waals surface area contributed by atoms with Crippen molar-refractivity contribution in [2.24, 2.45) is 17.6 Å². The summed E-state index contributed by atoms with van der Waals surface area (Å²) in [6, 6.07) is 4.55. The number of nitrogens with two attached hydrogens (primary N) is 1. The van der Waals surface area contributed by atoms with Crippen LogP contribution in [-0.4, -0.2) is 5.60 Å². The molecule has 0 radical (unpaired) electrons. The van der Waals surface area contributed by atoms with E-state index in [1.807, 2.05) is 0 Å². The zero-order valence-electron chi connectivity index (χ0n) is 11.5. The number of benzene rings is 1. The van der Waals surface area contributed by atoms with Gasteiger partial charge in [0.25, 0.3) is 0 Å². The summed E-state index contributed by atoms with van der Waals surface area (Å²) in [4.78, 5) is 0. The van der Waals surface area contributed by atoms with Crippen LogP contribution in [0.1, 0.15) is 45.7 Å². The first-order valence-corrected chi connectivity index (χ1v) is 6.61. The number of hydrogen-bond acceptors (Lipinski definition) is 2. The van der Waals surface area contributed by atoms with Gasteiger partial charge in [0.2, 0.25) is 0 Å². The first kappa shape index (κ1) is 13.3. The van der Waals surface area contributed by atoms with Gasteiger partial charge in [0, 0.05) is 24.1 Å². The quantitative estimate of drug-likeness (QED) is 0.870. The highest BCUT2D eigenvalue weighted by Crippen LogP contribution is 2.45. The number of halogens is 1. The highest BCUT2D eigenvalue weighted by atomic mass is 19.1. The topological polar surface area (TPSA) is 35.2 Å². The average Bonchev–Trinajstić information content (AvgIpc) is 2.27. The van der Waals surface area contributed by atoms with Crippen molar-refractivity contribution in [3.63, 3.8) is 0 Å². The molecule has 18 heavy (non-hydrogen) atoms. The molecule has 0 amide bonds. The van der Waals surface area contributed by atoms with E-state index < -0.39 is 0 Å². The summed E-state index contributed by atoms with van der Waals surface area (Å²) in [6.45, 7) is 8.54. The maximum Gasteiger partial charge on any atom is 0.127 e. The molecule has 0 aromatic heterocycles. The van der Waals surface area contributed by atoms with Crippen LogP contribution < -0.4 is 10.5 Å². The second kappa shape index (κ2) is 4.54. The SMILES string of the molecule is CC(C)C1(C(C)C)C[C@H](N)c2ccc(F)cc2O1. The molecule has 0 fully saturated rings. The van der Waals surface area contributed by atoms with Crippen molar-refractivity contribution in [3.8, 4) is 5.75 Å². The number of ether oxygens (including phenoxy) is 1. The molecule has 2 nitrogen and oxygen atoms in total. The molecule has 0 saturated carbocycles. The molecule has 1 aromatic rings. The largest absolute Gasteiger partial charge is 0.486 e. The number of hydrogen-bond donors (Lipinski definition) is 1. The lowest BCUT2D eigenvalue weighted by Gasteiger charge is -2.47. The summed E-state index contributed by atoms with van der Waals surface area (Å²) in [7, 11) is 0. The Morgan fingerprint density at radius 1 is 1.28 bits per heavy atom. The summed E-state index contributed by atoms with van der Waals surface area (Å²) < 4.78 is 19.5. The lowest BCUT2D eigenvalue weighted by molar-refractivity contribution is -0.0463. The third-order valence-corrected chi connectivity index (χ3v) is 4.17. The normalized spacial score (nSPS) is 21.9. The monoisotopic (exact) mass is 251 g/mol. The van der Waals surface area contributed by atoms with Crippen molar-refractivity contribution in [1.29, 1.82) is 0 Å². The Morgan fingerprint density at radius 2 is 1.89 bits per heavy atom. The second-order valence-electron chi connectivity index (χ2n) is 5.86. The minimum Gasteiger partial charge on any atom is -0.486 e. The van der Waals surface area contributed by atoms with Gasteiger partial charge in [-0.1, -0.05) is 33.8 Å². The predicted molar refractivity (Wildman–Crippen MR) is 71.0 cm³/mol. The Morgan fingerprint density at radius 3 is 2.44 bits per heavy atom. The predicted octanol–water partition coefficient (Wildman–Crippen LogP) is 3.66. The minimum absolute atomic E-state index is 0.0841. The van der Waals surface area contributed by atoms with Crippen LogP contribution in [0.3, 0.4) is 0 Å². The Labute approximate surface area is 108 Å². The first-order valence-electron chi connectivity index (χ1n) is 6.61. The van der Waals surface area contributed by atoms with Crippen molar-refractivity contribution in [2.45, 2.75) is 45.8 Å². The van der Waals surface area contributed by atoms with Crippen LogP contribution in [0.25, 0.3) is 0 Å². The molecule has 100 valence electrons. The Bertz CT molecular complexity index is 434. The number of fused-ring (bicyclic) bond motifs is 1. The summed E-state index contributed by atoms with van der Waals surface area (Å²) in [5, 5.41) is 0. The maximum atomic E-state index is 13.4. The summed E-state index contributed by atoms with van der Waals surface area (Å²) in [5.74, 6) is 1.00. The molecule has 2 N–H and O–H groups in total. The molecule has 0 saturated heterocycles. The highest BCUT2D eigenvalue weighted by molar-refractivity contribution is 5.39. The van der Waals surface area contributed by atoms with Crippen LogP contribution in [0, 0.1) is 17.7 Å². The van der Waals surface area contributed by atoms with E-state index in [9.17, 15) is 4.39 Å². The standard InChI is InChI=1S/C15H22FNO/c1-9(2)15(10(3)4)8-13(17)12-6-5-11(16)7-14(12)18-15/h5-7,9-10,13H,8,17H2,1-4H3/t13-/m0/s1. The molecule has 1 atom stereocenters. The van der Waals surface area contributed by atoms with Gasteiger partial charge in [0.05, 0.1) is 0 Å². The molecule has 2 rings (SSSR count). The Kier molecular flexibility index (Phi) is 3.37. The zero-order valence-corrected chi connectivity index (χ0v) is 11.5. The van der Waals surface area contributed by atoms with Crippen molar-refractivity contribution < 1.29 is 9.13 Å². The maximum absolute atomic E-state index is 13.4. The van der Waals surface area contributed by atoms with Crippen LogP contribution in [0.5, 0.6) is 5.75 Å². The van der Waals surface area contributed by atoms with Gasteiger partial charge in [0.1, 0.15) is 17.2 Å². The van der Waals surface area contributed by atoms with E-state index in [0.29, 0.717) is 17.6 Å². The molecule has 3 heteroatoms. The van der Waals surface area contributed by atoms with Crippen molar-refractivity contribution in [1.82, 2.24) is 0 Å². The van der Waals surface area contributed by atoms with Crippen LogP contribution in [0.2, 0.25) is 0 Å². The Hall–Kier alpha value is -1.09. The van der Waals surface area contributed by atoms with Gasteiger partial charge in [-0.3, -0.25) is 0 Å². The minimum atomic E-state index is -0.305. The Balaban J connectivity index is 2.47. The van der Waals surface area contributed by atoms with Gasteiger partial charge >= 0.3 is 0 Å². The van der Waals surface area contributed by atoms with Crippen LogP contribution in [0.15, 0.2) is 18.2 Å². The van der Waals surface area contributed by atoms with Crippen LogP contribution >= 0.6 is 0 Å². The molecule has 0 bridgehead atoms. The van der Waals surface area contributed by atoms with Gasteiger partial charge < -0.3 is 10.5 Å². The fraction of sp³-hybridized carbons (Fsp3) is 0.600. The second-order valence-corrected chi connectivity index (χ2v) is 5.86. The first-order chi connectivity index (χ1) is 8.36. The van der Waals surface area contributed by atoms with Crippen molar-refractivity contribution in [2.75, 3.05) is 0 Å². The fourth-order valence-corrected chi connectivity index (χ4v) is 2.98. The molecule has 1 aliphatic heterocycles. The summed E-state index contributed by atoms with van der Waals surface area (Å²) in [5.41, 5.74) is 6.85. The smallest absolute Gasteiger partial charge is 0.127 e. The zero-order chi connectivity index (χ0) is 13.5. The molecule has 1 aliphatic rings. The lowest BCUT2D eigenvalue weighted by atomic mass is 9.73. The molecule has 1 heterocycles. The van der Waals surface area contributed by atoms with Crippen molar-refractivity contribution >= 4 is 0 Å². The highest BCUT2D eigenvalue weighted by Gasteiger charge is 2.44. The van der Waals surface area contributed by atoms with Gasteiger partial charge in [-0.05, 0) is 17.9 Å². The number of rotatable bonds is 2. The van der Waals surface area contributed by atoms with Crippen LogP contribution in [0.4, 0.5) is 4.39 Å². The summed E-state index contributed by atoms with van der Waals surface area (Å²) >= 11 is 0. The lowest BCUT2D eigenvalue weighted by Crippen LogP contribution is -2.51. The molecule has 0 aliphatic carbocycles. The summed E-state index contributed by atoms with van der Waals surface area (Å²) in [6.07, 6.45) is 0.779. The molecular weight excluding hydrogens is 229 g/mol. The average molecular weight is 251 g/mol. The van der Waals surface area contributed by atoms with Gasteiger partial charge in [-0.15, -0.1) is 0 Å². The van der Waals surface area contributed by atoms with Crippen molar-refractivity contribution in [3.05, 3.63) is 29.6 Å². The van der Waals surface area contributed by atoms with E-state index in [4.69, 9.17) is 10.5 Å². The van der Waals surface area contributed by atoms with E-state index in [-0.39, 0.29) is 17.5 Å². The van der Waals surface area contributed by atoms with Gasteiger partial charge in [-0.2, -0.15) is 0 Å². The molecule has 1 aromatic carbocycles. The van der Waals surface area contributed by atoms with E-state index in [0.717, 1.165) is 12.0 Å². The third kappa shape index (κ3) is 2.01. The van der Waals surface area contributed by atoms with Gasteiger partial charge in [0.15, 0.2) is 0 Å². The van der Waals surface area contributed by atoms with Gasteiger partial charge in [-0.25, -0.2) is 4.39 Å². The van der Waals surface area contributed by atoms with E-state index in [1.165, 1.54) is 12.1 Å². The van der Waals surface area contributed by atoms with E-state index >= 15 is 0 Å².